The summed E-state index contributed by atoms with van der Waals surface area (Å²) < 4.78 is 12.0. The third kappa shape index (κ3) is 5.77. The molecule has 0 spiro atoms. The highest BCUT2D eigenvalue weighted by atomic mass is 35.5. The first-order valence-electron chi connectivity index (χ1n) is 13.0. The zero-order valence-electron chi connectivity index (χ0n) is 20.8. The van der Waals surface area contributed by atoms with Gasteiger partial charge < -0.3 is 15.1 Å². The summed E-state index contributed by atoms with van der Waals surface area (Å²) in [5.41, 5.74) is 2.13. The second-order valence-corrected chi connectivity index (χ2v) is 12.9. The number of anilines is 1. The molecule has 5 rings (SSSR count). The summed E-state index contributed by atoms with van der Waals surface area (Å²) in [6.45, 7) is 4.12. The average Bonchev–Trinajstić information content (AvgIpc) is 3.35. The van der Waals surface area contributed by atoms with E-state index in [0.29, 0.717) is 21.7 Å². The molecule has 0 radical (unpaired) electrons. The van der Waals surface area contributed by atoms with Crippen LogP contribution < -0.4 is 5.32 Å². The average molecular weight is 549 g/mol. The number of nitrogens with zero attached hydrogens (tertiary/aromatic N) is 2. The van der Waals surface area contributed by atoms with Gasteiger partial charge in [0.05, 0.1) is 0 Å². The van der Waals surface area contributed by atoms with Crippen LogP contribution in [0.25, 0.3) is 0 Å². The van der Waals surface area contributed by atoms with Crippen LogP contribution in [0.1, 0.15) is 50.5 Å². The van der Waals surface area contributed by atoms with E-state index in [9.17, 15) is 9.00 Å². The number of carbonyl (C=O) groups is 1. The molecular weight excluding hydrogens is 513 g/mol. The lowest BCUT2D eigenvalue weighted by molar-refractivity contribution is 0.156. The van der Waals surface area contributed by atoms with E-state index in [2.05, 4.69) is 27.2 Å². The summed E-state index contributed by atoms with van der Waals surface area (Å²) >= 11 is 12.3. The van der Waals surface area contributed by atoms with Gasteiger partial charge >= 0.3 is 6.03 Å². The molecule has 1 heterocycles. The van der Waals surface area contributed by atoms with E-state index in [4.69, 9.17) is 23.2 Å². The molecule has 2 unspecified atom stereocenters. The zero-order valence-corrected chi connectivity index (χ0v) is 23.2. The number of benzene rings is 2. The molecule has 0 aromatic heterocycles. The van der Waals surface area contributed by atoms with Gasteiger partial charge in [0.1, 0.15) is 0 Å². The first kappa shape index (κ1) is 26.0. The van der Waals surface area contributed by atoms with Crippen molar-refractivity contribution < 1.29 is 9.00 Å². The van der Waals surface area contributed by atoms with Crippen molar-refractivity contribution in [2.45, 2.75) is 61.3 Å². The lowest BCUT2D eigenvalue weighted by atomic mass is 9.80. The molecule has 3 aliphatic rings. The summed E-state index contributed by atoms with van der Waals surface area (Å²) in [7, 11) is -0.976. The topological polar surface area (TPSA) is 52.7 Å². The van der Waals surface area contributed by atoms with E-state index in [0.717, 1.165) is 50.1 Å². The van der Waals surface area contributed by atoms with Gasteiger partial charge in [-0.25, -0.2) is 4.79 Å². The van der Waals surface area contributed by atoms with E-state index in [1.54, 1.807) is 24.5 Å². The molecule has 2 amide bonds. The molecule has 5 nitrogen and oxygen atoms in total. The quantitative estimate of drug-likeness (QED) is 0.407. The predicted molar refractivity (Wildman–Crippen MR) is 149 cm³/mol. The highest BCUT2D eigenvalue weighted by Crippen LogP contribution is 2.63. The minimum atomic E-state index is -0.976. The fourth-order valence-electron chi connectivity index (χ4n) is 6.37. The number of likely N-dealkylation sites (tertiary alicyclic amines) is 1. The number of carbonyl (C=O) groups excluding carboxylic acids is 1. The molecule has 36 heavy (non-hydrogen) atoms. The first-order chi connectivity index (χ1) is 17.3. The van der Waals surface area contributed by atoms with Crippen molar-refractivity contribution >= 4 is 45.7 Å². The molecule has 2 aliphatic carbocycles. The largest absolute Gasteiger partial charge is 0.322 e. The molecule has 1 saturated heterocycles. The molecule has 1 aliphatic heterocycles. The molecule has 2 aromatic carbocycles. The van der Waals surface area contributed by atoms with Crippen LogP contribution in [0.15, 0.2) is 47.4 Å². The summed E-state index contributed by atoms with van der Waals surface area (Å²) in [5.74, 6) is 0.561. The van der Waals surface area contributed by atoms with Gasteiger partial charge in [0.2, 0.25) is 0 Å². The zero-order chi connectivity index (χ0) is 25.3. The van der Waals surface area contributed by atoms with E-state index < -0.39 is 10.8 Å². The molecule has 8 heteroatoms. The predicted octanol–water partition coefficient (Wildman–Crippen LogP) is 6.56. The van der Waals surface area contributed by atoms with Gasteiger partial charge in [0, 0.05) is 50.3 Å². The van der Waals surface area contributed by atoms with Crippen LogP contribution in [0, 0.1) is 5.92 Å². The maximum Gasteiger partial charge on any atom is 0.322 e. The van der Waals surface area contributed by atoms with Gasteiger partial charge in [-0.3, -0.25) is 4.21 Å². The Morgan fingerprint density at radius 1 is 1.17 bits per heavy atom. The standard InChI is InChI=1S/C28H35Cl2N3O2S/c1-36(35)26-7-4-6-20(15-26)28-9-8-25(14-21(28)19-28)33(13-5-12-32-10-2-3-11-32)27(34)31-24-17-22(29)16-23(30)18-24/h4,6-7,15-18,21,25H,2-3,5,8-14,19H2,1H3,(H,31,34)/t21?,25-,28-,36?/m1/s1. The van der Waals surface area contributed by atoms with Gasteiger partial charge in [-0.05, 0) is 112 Å². The third-order valence-corrected chi connectivity index (χ3v) is 9.69. The normalized spacial score (nSPS) is 26.3. The fourth-order valence-corrected chi connectivity index (χ4v) is 7.46. The number of amides is 2. The second-order valence-electron chi connectivity index (χ2n) is 10.7. The Labute approximate surface area is 227 Å². The van der Waals surface area contributed by atoms with Crippen LogP contribution >= 0.6 is 23.2 Å². The van der Waals surface area contributed by atoms with Crippen molar-refractivity contribution in [1.82, 2.24) is 9.80 Å². The summed E-state index contributed by atoms with van der Waals surface area (Å²) in [4.78, 5) is 19.0. The number of fused-ring (bicyclic) bond motifs is 1. The van der Waals surface area contributed by atoms with Gasteiger partial charge in [0.25, 0.3) is 0 Å². The van der Waals surface area contributed by atoms with Crippen molar-refractivity contribution in [3.63, 3.8) is 0 Å². The third-order valence-electron chi connectivity index (χ3n) is 8.34. The molecule has 3 fully saturated rings. The lowest BCUT2D eigenvalue weighted by Gasteiger charge is -2.37. The lowest BCUT2D eigenvalue weighted by Crippen LogP contribution is -2.46. The van der Waals surface area contributed by atoms with Crippen LogP contribution in [0.5, 0.6) is 0 Å². The van der Waals surface area contributed by atoms with Crippen molar-refractivity contribution in [2.24, 2.45) is 5.92 Å². The molecular formula is C28H35Cl2N3O2S. The van der Waals surface area contributed by atoms with Gasteiger partial charge in [0.15, 0.2) is 0 Å². The monoisotopic (exact) mass is 547 g/mol. The summed E-state index contributed by atoms with van der Waals surface area (Å²) in [5, 5.41) is 4.08. The van der Waals surface area contributed by atoms with Crippen molar-refractivity contribution in [1.29, 1.82) is 0 Å². The van der Waals surface area contributed by atoms with Crippen molar-refractivity contribution in [2.75, 3.05) is 37.8 Å². The molecule has 2 saturated carbocycles. The molecule has 1 N–H and O–H groups in total. The number of hydrogen-bond donors (Lipinski definition) is 1. The molecule has 2 aromatic rings. The summed E-state index contributed by atoms with van der Waals surface area (Å²) in [6, 6.07) is 13.6. The number of nitrogens with one attached hydrogen (secondary N) is 1. The van der Waals surface area contributed by atoms with Gasteiger partial charge in [-0.2, -0.15) is 0 Å². The minimum absolute atomic E-state index is 0.0729. The van der Waals surface area contributed by atoms with Gasteiger partial charge in [-0.15, -0.1) is 0 Å². The van der Waals surface area contributed by atoms with Crippen LogP contribution in [-0.4, -0.2) is 58.5 Å². The SMILES string of the molecule is CS(=O)c1cccc([C@]23CC[C@@H](N(CCCN4CCCC4)C(=O)Nc4cc(Cl)cc(Cl)c4)CC2C3)c1. The van der Waals surface area contributed by atoms with Crippen LogP contribution in [0.4, 0.5) is 10.5 Å². The number of rotatable bonds is 8. The number of urea groups is 1. The van der Waals surface area contributed by atoms with E-state index in [-0.39, 0.29) is 17.5 Å². The van der Waals surface area contributed by atoms with Crippen LogP contribution in [0.3, 0.4) is 0 Å². The Balaban J connectivity index is 1.28. The highest BCUT2D eigenvalue weighted by molar-refractivity contribution is 7.84. The fraction of sp³-hybridized carbons (Fsp3) is 0.536. The molecule has 4 atom stereocenters. The van der Waals surface area contributed by atoms with E-state index in [1.807, 2.05) is 12.1 Å². The van der Waals surface area contributed by atoms with E-state index in [1.165, 1.54) is 31.5 Å². The maximum absolute atomic E-state index is 13.5. The van der Waals surface area contributed by atoms with Crippen LogP contribution in [0.2, 0.25) is 10.0 Å². The Kier molecular flexibility index (Phi) is 7.97. The molecule has 194 valence electrons. The minimum Gasteiger partial charge on any atom is -0.321 e. The Morgan fingerprint density at radius 2 is 1.92 bits per heavy atom. The van der Waals surface area contributed by atoms with Gasteiger partial charge in [-0.1, -0.05) is 35.3 Å². The first-order valence-corrected chi connectivity index (χ1v) is 15.4. The molecule has 0 bridgehead atoms. The number of hydrogen-bond acceptors (Lipinski definition) is 3. The smallest absolute Gasteiger partial charge is 0.321 e. The highest BCUT2D eigenvalue weighted by Gasteiger charge is 2.58. The Hall–Kier alpha value is -1.60. The second kappa shape index (κ2) is 11.0. The number of halogens is 2. The maximum atomic E-state index is 13.5. The van der Waals surface area contributed by atoms with E-state index >= 15 is 0 Å². The van der Waals surface area contributed by atoms with Crippen molar-refractivity contribution in [3.05, 3.63) is 58.1 Å². The summed E-state index contributed by atoms with van der Waals surface area (Å²) in [6.07, 6.45) is 9.45. The van der Waals surface area contributed by atoms with Crippen LogP contribution in [-0.2, 0) is 16.2 Å². The van der Waals surface area contributed by atoms with Crippen molar-refractivity contribution in [3.8, 4) is 0 Å². The Morgan fingerprint density at radius 3 is 2.61 bits per heavy atom. The Bertz CT molecular complexity index is 1120.